The monoisotopic (exact) mass is 527 g/mol. The van der Waals surface area contributed by atoms with Gasteiger partial charge in [0.15, 0.2) is 0 Å². The molecule has 0 unspecified atom stereocenters. The predicted molar refractivity (Wildman–Crippen MR) is 127 cm³/mol. The molecule has 1 heterocycles. The van der Waals surface area contributed by atoms with E-state index in [-0.39, 0.29) is 22.9 Å². The number of nitrogens with one attached hydrogen (secondary N) is 1. The molecule has 2 aromatic carbocycles. The van der Waals surface area contributed by atoms with Crippen molar-refractivity contribution in [2.24, 2.45) is 0 Å². The van der Waals surface area contributed by atoms with E-state index in [9.17, 15) is 30.8 Å². The van der Waals surface area contributed by atoms with Gasteiger partial charge in [-0.2, -0.15) is 17.5 Å². The number of carbonyl (C=O) groups is 1. The number of sulfonamides is 1. The van der Waals surface area contributed by atoms with Crippen LogP contribution in [0.3, 0.4) is 0 Å². The van der Waals surface area contributed by atoms with Gasteiger partial charge in [-0.15, -0.1) is 0 Å². The smallest absolute Gasteiger partial charge is 0.324 e. The van der Waals surface area contributed by atoms with Crippen LogP contribution in [0.5, 0.6) is 0 Å². The fraction of sp³-hybridized carbons (Fsp3) is 0.480. The largest absolute Gasteiger partial charge is 0.416 e. The highest BCUT2D eigenvalue weighted by Gasteiger charge is 2.46. The first-order valence-electron chi connectivity index (χ1n) is 11.8. The zero-order valence-electron chi connectivity index (χ0n) is 20.1. The minimum atomic E-state index is -4.64. The molecule has 2 fully saturated rings. The van der Waals surface area contributed by atoms with Crippen LogP contribution in [0, 0.1) is 5.82 Å². The normalized spacial score (nSPS) is 18.4. The Bertz CT molecular complexity index is 1200. The maximum atomic E-state index is 13.5. The van der Waals surface area contributed by atoms with E-state index in [1.165, 1.54) is 34.6 Å². The number of anilines is 1. The van der Waals surface area contributed by atoms with E-state index in [0.717, 1.165) is 12.1 Å². The Hall–Kier alpha value is -2.50. The van der Waals surface area contributed by atoms with Crippen LogP contribution < -0.4 is 5.32 Å². The zero-order chi connectivity index (χ0) is 26.3. The summed E-state index contributed by atoms with van der Waals surface area (Å²) in [4.78, 5) is 14.6. The van der Waals surface area contributed by atoms with Gasteiger partial charge in [0.25, 0.3) is 0 Å². The molecule has 4 rings (SSSR count). The fourth-order valence-corrected chi connectivity index (χ4v) is 6.59. The number of piperidine rings is 1. The van der Waals surface area contributed by atoms with Gasteiger partial charge < -0.3 is 5.32 Å². The van der Waals surface area contributed by atoms with Crippen LogP contribution in [0.25, 0.3) is 0 Å². The quantitative estimate of drug-likeness (QED) is 0.522. The molecule has 1 aliphatic carbocycles. The number of alkyl halides is 3. The van der Waals surface area contributed by atoms with Crippen LogP contribution in [0.15, 0.2) is 53.4 Å². The molecule has 0 atom stereocenters. The molecule has 36 heavy (non-hydrogen) atoms. The van der Waals surface area contributed by atoms with E-state index in [1.807, 2.05) is 4.90 Å². The molecule has 2 aromatic rings. The summed E-state index contributed by atoms with van der Waals surface area (Å²) in [6.45, 7) is 4.42. The molecular weight excluding hydrogens is 498 g/mol. The lowest BCUT2D eigenvalue weighted by atomic mass is 9.95. The van der Waals surface area contributed by atoms with Gasteiger partial charge in [-0.25, -0.2) is 12.8 Å². The van der Waals surface area contributed by atoms with E-state index in [0.29, 0.717) is 50.5 Å². The topological polar surface area (TPSA) is 69.7 Å². The third-order valence-corrected chi connectivity index (χ3v) is 8.92. The highest BCUT2D eigenvalue weighted by Crippen LogP contribution is 2.39. The maximum absolute atomic E-state index is 13.5. The molecular formula is C25H29F4N3O3S. The molecule has 0 aromatic heterocycles. The van der Waals surface area contributed by atoms with E-state index >= 15 is 0 Å². The highest BCUT2D eigenvalue weighted by atomic mass is 32.2. The number of amides is 1. The third kappa shape index (κ3) is 5.57. The van der Waals surface area contributed by atoms with Crippen LogP contribution in [0.2, 0.25) is 0 Å². The second-order valence-electron chi connectivity index (χ2n) is 9.83. The van der Waals surface area contributed by atoms with Crippen molar-refractivity contribution in [3.8, 4) is 0 Å². The van der Waals surface area contributed by atoms with E-state index < -0.39 is 33.1 Å². The number of hydrogen-bond donors (Lipinski definition) is 1. The molecule has 1 saturated heterocycles. The van der Waals surface area contributed by atoms with Crippen molar-refractivity contribution < 1.29 is 30.8 Å². The number of rotatable bonds is 7. The lowest BCUT2D eigenvalue weighted by Crippen LogP contribution is -2.57. The summed E-state index contributed by atoms with van der Waals surface area (Å²) in [6.07, 6.45) is -2.40. The molecule has 2 aliphatic rings. The number of benzene rings is 2. The predicted octanol–water partition coefficient (Wildman–Crippen LogP) is 4.88. The molecule has 6 nitrogen and oxygen atoms in total. The summed E-state index contributed by atoms with van der Waals surface area (Å²) in [7, 11) is -4.13. The summed E-state index contributed by atoms with van der Waals surface area (Å²) in [5.41, 5.74) is -1.44. The number of halogens is 4. The van der Waals surface area contributed by atoms with Gasteiger partial charge in [-0.3, -0.25) is 9.69 Å². The maximum Gasteiger partial charge on any atom is 0.416 e. The minimum absolute atomic E-state index is 0.226. The average molecular weight is 528 g/mol. The molecule has 0 spiro atoms. The van der Waals surface area contributed by atoms with Crippen molar-refractivity contribution in [2.75, 3.05) is 18.4 Å². The number of carbonyl (C=O) groups excluding carboxylic acids is 1. The summed E-state index contributed by atoms with van der Waals surface area (Å²) >= 11 is 0. The standard InChI is InChI=1S/C25H29F4N3O3S/c1-24(2,23(33)30-19-8-6-18(26)7-9-19)31-14-12-21(13-15-31)32(20-10-11-20)36(34,35)22-5-3-4-17(16-22)25(27,28)29/h3-9,16,20-21H,10-15H2,1-2H3,(H,30,33). The molecule has 1 aliphatic heterocycles. The Kier molecular flexibility index (Phi) is 7.20. The van der Waals surface area contributed by atoms with Gasteiger partial charge in [-0.1, -0.05) is 6.07 Å². The third-order valence-electron chi connectivity index (χ3n) is 6.92. The number of hydrogen-bond acceptors (Lipinski definition) is 4. The first kappa shape index (κ1) is 26.6. The SMILES string of the molecule is CC(C)(C(=O)Nc1ccc(F)cc1)N1CCC(N(C2CC2)S(=O)(=O)c2cccc(C(F)(F)F)c2)CC1. The van der Waals surface area contributed by atoms with E-state index in [2.05, 4.69) is 5.32 Å². The van der Waals surface area contributed by atoms with Crippen LogP contribution in [0.4, 0.5) is 23.2 Å². The lowest BCUT2D eigenvalue weighted by molar-refractivity contribution is -0.137. The molecule has 0 bridgehead atoms. The molecule has 1 N–H and O–H groups in total. The van der Waals surface area contributed by atoms with Gasteiger partial charge >= 0.3 is 6.18 Å². The first-order valence-corrected chi connectivity index (χ1v) is 13.3. The van der Waals surface area contributed by atoms with E-state index in [1.54, 1.807) is 13.8 Å². The Labute approximate surface area is 208 Å². The van der Waals surface area contributed by atoms with Crippen LogP contribution in [0.1, 0.15) is 45.1 Å². The molecule has 11 heteroatoms. The second kappa shape index (κ2) is 9.75. The fourth-order valence-electron chi connectivity index (χ4n) is 4.61. The zero-order valence-corrected chi connectivity index (χ0v) is 20.9. The second-order valence-corrected chi connectivity index (χ2v) is 11.7. The summed E-state index contributed by atoms with van der Waals surface area (Å²) in [5, 5.41) is 2.79. The van der Waals surface area contributed by atoms with Crippen molar-refractivity contribution in [3.05, 3.63) is 59.9 Å². The Balaban J connectivity index is 1.47. The number of nitrogens with zero attached hydrogens (tertiary/aromatic N) is 2. The van der Waals surface area contributed by atoms with Crippen LogP contribution >= 0.6 is 0 Å². The van der Waals surface area contributed by atoms with Gasteiger partial charge in [-0.05, 0) is 82.0 Å². The van der Waals surface area contributed by atoms with Gasteiger partial charge in [0, 0.05) is 30.9 Å². The Morgan fingerprint density at radius 3 is 2.11 bits per heavy atom. The van der Waals surface area contributed by atoms with Crippen LogP contribution in [-0.4, -0.2) is 54.2 Å². The van der Waals surface area contributed by atoms with Crippen molar-refractivity contribution >= 4 is 21.6 Å². The van der Waals surface area contributed by atoms with Crippen molar-refractivity contribution in [1.29, 1.82) is 0 Å². The van der Waals surface area contributed by atoms with Crippen molar-refractivity contribution in [1.82, 2.24) is 9.21 Å². The lowest BCUT2D eigenvalue weighted by Gasteiger charge is -2.44. The van der Waals surface area contributed by atoms with Crippen LogP contribution in [-0.2, 0) is 21.0 Å². The summed E-state index contributed by atoms with van der Waals surface area (Å²) in [5.74, 6) is -0.683. The average Bonchev–Trinajstić information content (AvgIpc) is 3.65. The molecule has 1 saturated carbocycles. The van der Waals surface area contributed by atoms with Crippen molar-refractivity contribution in [3.63, 3.8) is 0 Å². The van der Waals surface area contributed by atoms with E-state index in [4.69, 9.17) is 0 Å². The van der Waals surface area contributed by atoms with Crippen molar-refractivity contribution in [2.45, 2.75) is 68.2 Å². The Morgan fingerprint density at radius 2 is 1.56 bits per heavy atom. The minimum Gasteiger partial charge on any atom is -0.324 e. The molecule has 1 amide bonds. The summed E-state index contributed by atoms with van der Waals surface area (Å²) < 4.78 is 81.1. The summed E-state index contributed by atoms with van der Waals surface area (Å²) in [6, 6.07) is 8.74. The molecule has 0 radical (unpaired) electrons. The van der Waals surface area contributed by atoms with Gasteiger partial charge in [0.05, 0.1) is 16.0 Å². The Morgan fingerprint density at radius 1 is 0.972 bits per heavy atom. The van der Waals surface area contributed by atoms with Gasteiger partial charge in [0.1, 0.15) is 5.82 Å². The molecule has 196 valence electrons. The van der Waals surface area contributed by atoms with Gasteiger partial charge in [0.2, 0.25) is 15.9 Å². The first-order chi connectivity index (χ1) is 16.8. The number of likely N-dealkylation sites (tertiary alicyclic amines) is 1. The highest BCUT2D eigenvalue weighted by molar-refractivity contribution is 7.89.